The molecule has 1 unspecified atom stereocenters. The van der Waals surface area contributed by atoms with E-state index in [0.29, 0.717) is 28.4 Å². The molecule has 1 heterocycles. The lowest BCUT2D eigenvalue weighted by Crippen LogP contribution is -2.42. The van der Waals surface area contributed by atoms with E-state index in [2.05, 4.69) is 16.0 Å². The Morgan fingerprint density at radius 3 is 2.36 bits per heavy atom. The van der Waals surface area contributed by atoms with Gasteiger partial charge in [-0.1, -0.05) is 24.3 Å². The van der Waals surface area contributed by atoms with Gasteiger partial charge in [0.25, 0.3) is 5.91 Å². The number of hydrogen-bond donors (Lipinski definition) is 3. The molecular weight excluding hydrogens is 460 g/mol. The quantitative estimate of drug-likeness (QED) is 0.473. The summed E-state index contributed by atoms with van der Waals surface area (Å²) in [6.07, 6.45) is 0.0201. The summed E-state index contributed by atoms with van der Waals surface area (Å²) in [5.74, 6) is -0.463. The van der Waals surface area contributed by atoms with Crippen LogP contribution < -0.4 is 25.6 Å². The fourth-order valence-electron chi connectivity index (χ4n) is 4.00. The van der Waals surface area contributed by atoms with Gasteiger partial charge in [0.15, 0.2) is 0 Å². The molecule has 4 rings (SSSR count). The maximum absolute atomic E-state index is 13.1. The van der Waals surface area contributed by atoms with E-state index >= 15 is 0 Å². The number of anilines is 3. The standard InChI is InChI=1S/C27H26N4O5/c1-17(32)28-23(18-9-13-21(36-2)14-10-18)15-25(33)29-20-11-7-19(8-12-20)27(35)31-16-26(34)30-22-5-3-4-6-24(22)31/h3-14,23H,15-16H2,1-2H3,(H,28,32)(H,29,33)(H,30,34). The monoisotopic (exact) mass is 486 g/mol. The molecule has 1 atom stereocenters. The minimum absolute atomic E-state index is 0.0201. The largest absolute Gasteiger partial charge is 0.497 e. The first-order valence-electron chi connectivity index (χ1n) is 11.4. The Morgan fingerprint density at radius 2 is 1.69 bits per heavy atom. The molecule has 9 nitrogen and oxygen atoms in total. The van der Waals surface area contributed by atoms with E-state index in [1.807, 2.05) is 0 Å². The van der Waals surface area contributed by atoms with Crippen molar-refractivity contribution in [2.75, 3.05) is 29.2 Å². The van der Waals surface area contributed by atoms with Crippen molar-refractivity contribution < 1.29 is 23.9 Å². The Hall–Kier alpha value is -4.66. The molecule has 0 saturated carbocycles. The van der Waals surface area contributed by atoms with E-state index in [9.17, 15) is 19.2 Å². The van der Waals surface area contributed by atoms with Crippen LogP contribution in [0.25, 0.3) is 0 Å². The maximum atomic E-state index is 13.1. The number of methoxy groups -OCH3 is 1. The van der Waals surface area contributed by atoms with Crippen LogP contribution in [-0.2, 0) is 14.4 Å². The second-order valence-electron chi connectivity index (χ2n) is 8.31. The highest BCUT2D eigenvalue weighted by atomic mass is 16.5. The van der Waals surface area contributed by atoms with Crippen molar-refractivity contribution in [2.24, 2.45) is 0 Å². The van der Waals surface area contributed by atoms with Gasteiger partial charge in [-0.2, -0.15) is 0 Å². The first-order chi connectivity index (χ1) is 17.3. The molecule has 4 amide bonds. The number of nitrogens with zero attached hydrogens (tertiary/aromatic N) is 1. The average Bonchev–Trinajstić information content (AvgIpc) is 2.87. The summed E-state index contributed by atoms with van der Waals surface area (Å²) in [7, 11) is 1.56. The molecule has 0 saturated heterocycles. The van der Waals surface area contributed by atoms with E-state index < -0.39 is 6.04 Å². The summed E-state index contributed by atoms with van der Waals surface area (Å²) in [5, 5.41) is 8.36. The van der Waals surface area contributed by atoms with Gasteiger partial charge in [-0.05, 0) is 54.1 Å². The Labute approximate surface area is 208 Å². The lowest BCUT2D eigenvalue weighted by Gasteiger charge is -2.29. The van der Waals surface area contributed by atoms with Crippen molar-refractivity contribution in [3.05, 3.63) is 83.9 Å². The van der Waals surface area contributed by atoms with Crippen molar-refractivity contribution >= 4 is 40.7 Å². The van der Waals surface area contributed by atoms with Crippen LogP contribution in [0.1, 0.15) is 35.3 Å². The fraction of sp³-hybridized carbons (Fsp3) is 0.185. The van der Waals surface area contributed by atoms with Crippen LogP contribution in [-0.4, -0.2) is 37.3 Å². The normalized spacial score (nSPS) is 13.2. The first kappa shape index (κ1) is 24.5. The number of carbonyl (C=O) groups is 4. The summed E-state index contributed by atoms with van der Waals surface area (Å²) >= 11 is 0. The van der Waals surface area contributed by atoms with Gasteiger partial charge < -0.3 is 20.7 Å². The zero-order chi connectivity index (χ0) is 25.7. The summed E-state index contributed by atoms with van der Waals surface area (Å²) in [5.41, 5.74) is 2.86. The Kier molecular flexibility index (Phi) is 7.29. The van der Waals surface area contributed by atoms with Crippen LogP contribution >= 0.6 is 0 Å². The molecule has 0 aliphatic carbocycles. The summed E-state index contributed by atoms with van der Waals surface area (Å²) < 4.78 is 5.16. The summed E-state index contributed by atoms with van der Waals surface area (Å²) in [6.45, 7) is 1.32. The number of benzene rings is 3. The molecule has 0 spiro atoms. The molecule has 0 fully saturated rings. The highest BCUT2D eigenvalue weighted by Gasteiger charge is 2.27. The molecule has 3 aromatic rings. The minimum Gasteiger partial charge on any atom is -0.497 e. The number of para-hydroxylation sites is 2. The van der Waals surface area contributed by atoms with Crippen molar-refractivity contribution in [1.29, 1.82) is 0 Å². The van der Waals surface area contributed by atoms with E-state index in [-0.39, 0.29) is 36.6 Å². The van der Waals surface area contributed by atoms with E-state index in [1.54, 1.807) is 79.9 Å². The van der Waals surface area contributed by atoms with Crippen molar-refractivity contribution in [3.63, 3.8) is 0 Å². The highest BCUT2D eigenvalue weighted by molar-refractivity contribution is 6.15. The minimum atomic E-state index is -0.514. The molecule has 184 valence electrons. The number of carbonyl (C=O) groups excluding carboxylic acids is 4. The van der Waals surface area contributed by atoms with Gasteiger partial charge in [0.05, 0.1) is 30.9 Å². The molecule has 0 aromatic heterocycles. The SMILES string of the molecule is COc1ccc(C(CC(=O)Nc2ccc(C(=O)N3CC(=O)Nc4ccccc43)cc2)NC(C)=O)cc1. The van der Waals surface area contributed by atoms with Crippen LogP contribution in [0.4, 0.5) is 17.1 Å². The predicted molar refractivity (Wildman–Crippen MR) is 136 cm³/mol. The van der Waals surface area contributed by atoms with Crippen LogP contribution in [0.5, 0.6) is 5.75 Å². The van der Waals surface area contributed by atoms with Crippen LogP contribution in [0.15, 0.2) is 72.8 Å². The number of nitrogens with one attached hydrogen (secondary N) is 3. The topological polar surface area (TPSA) is 117 Å². The third-order valence-corrected chi connectivity index (χ3v) is 5.72. The molecule has 3 aromatic carbocycles. The molecule has 0 bridgehead atoms. The smallest absolute Gasteiger partial charge is 0.258 e. The molecule has 1 aliphatic rings. The molecule has 36 heavy (non-hydrogen) atoms. The zero-order valence-corrected chi connectivity index (χ0v) is 19.9. The van der Waals surface area contributed by atoms with Gasteiger partial charge in [-0.15, -0.1) is 0 Å². The second kappa shape index (κ2) is 10.7. The van der Waals surface area contributed by atoms with Gasteiger partial charge in [0, 0.05) is 18.2 Å². The van der Waals surface area contributed by atoms with Gasteiger partial charge in [0.2, 0.25) is 17.7 Å². The van der Waals surface area contributed by atoms with Gasteiger partial charge >= 0.3 is 0 Å². The lowest BCUT2D eigenvalue weighted by molar-refractivity contribution is -0.120. The maximum Gasteiger partial charge on any atom is 0.258 e. The van der Waals surface area contributed by atoms with E-state index in [1.165, 1.54) is 11.8 Å². The molecule has 1 aliphatic heterocycles. The molecule has 9 heteroatoms. The number of ether oxygens (including phenoxy) is 1. The fourth-order valence-corrected chi connectivity index (χ4v) is 4.00. The second-order valence-corrected chi connectivity index (χ2v) is 8.31. The Bertz CT molecular complexity index is 1290. The molecule has 3 N–H and O–H groups in total. The Morgan fingerprint density at radius 1 is 1.00 bits per heavy atom. The highest BCUT2D eigenvalue weighted by Crippen LogP contribution is 2.30. The van der Waals surface area contributed by atoms with Crippen LogP contribution in [0.2, 0.25) is 0 Å². The zero-order valence-electron chi connectivity index (χ0n) is 19.9. The van der Waals surface area contributed by atoms with Crippen molar-refractivity contribution in [2.45, 2.75) is 19.4 Å². The summed E-state index contributed by atoms with van der Waals surface area (Å²) in [4.78, 5) is 51.0. The predicted octanol–water partition coefficient (Wildman–Crippen LogP) is 3.50. The molecular formula is C27H26N4O5. The number of hydrogen-bond acceptors (Lipinski definition) is 5. The number of fused-ring (bicyclic) bond motifs is 1. The van der Waals surface area contributed by atoms with E-state index in [0.717, 1.165) is 5.56 Å². The van der Waals surface area contributed by atoms with Crippen LogP contribution in [0, 0.1) is 0 Å². The third kappa shape index (κ3) is 5.69. The Balaban J connectivity index is 1.43. The first-order valence-corrected chi connectivity index (χ1v) is 11.4. The number of amides is 4. The van der Waals surface area contributed by atoms with Gasteiger partial charge in [-0.25, -0.2) is 0 Å². The summed E-state index contributed by atoms with van der Waals surface area (Å²) in [6, 6.07) is 20.2. The van der Waals surface area contributed by atoms with Crippen LogP contribution in [0.3, 0.4) is 0 Å². The third-order valence-electron chi connectivity index (χ3n) is 5.72. The number of rotatable bonds is 7. The van der Waals surface area contributed by atoms with Gasteiger partial charge in [0.1, 0.15) is 12.3 Å². The molecule has 0 radical (unpaired) electrons. The average molecular weight is 487 g/mol. The van der Waals surface area contributed by atoms with Gasteiger partial charge in [-0.3, -0.25) is 24.1 Å². The van der Waals surface area contributed by atoms with E-state index in [4.69, 9.17) is 4.74 Å². The lowest BCUT2D eigenvalue weighted by atomic mass is 10.0. The van der Waals surface area contributed by atoms with Crippen molar-refractivity contribution in [1.82, 2.24) is 5.32 Å². The van der Waals surface area contributed by atoms with Crippen molar-refractivity contribution in [3.8, 4) is 5.75 Å².